The molecule has 2 rings (SSSR count). The number of amides is 1. The van der Waals surface area contributed by atoms with Gasteiger partial charge in [-0.3, -0.25) is 4.79 Å². The smallest absolute Gasteiger partial charge is 0.239 e. The van der Waals surface area contributed by atoms with Gasteiger partial charge in [0.2, 0.25) is 11.8 Å². The lowest BCUT2D eigenvalue weighted by molar-refractivity contribution is -0.128. The number of hydrogen-bond acceptors (Lipinski definition) is 6. The fraction of sp³-hybridized carbons (Fsp3) is 0.643. The lowest BCUT2D eigenvalue weighted by atomic mass is 9.99. The Labute approximate surface area is 125 Å². The van der Waals surface area contributed by atoms with Crippen molar-refractivity contribution in [3.05, 3.63) is 11.9 Å². The van der Waals surface area contributed by atoms with Gasteiger partial charge in [-0.2, -0.15) is 4.98 Å². The van der Waals surface area contributed by atoms with Crippen molar-refractivity contribution in [3.8, 4) is 5.88 Å². The van der Waals surface area contributed by atoms with Crippen LogP contribution in [0.2, 0.25) is 0 Å². The molecule has 1 aromatic heterocycles. The van der Waals surface area contributed by atoms with E-state index in [2.05, 4.69) is 15.3 Å². The first-order valence-electron chi connectivity index (χ1n) is 7.21. The zero-order valence-corrected chi connectivity index (χ0v) is 12.9. The SMILES string of the molecule is CC.COc1nc(N)cnc1CNC(=O)C1CCOCC1. The number of methoxy groups -OCH3 is 1. The second-order valence-electron chi connectivity index (χ2n) is 4.36. The van der Waals surface area contributed by atoms with Crippen molar-refractivity contribution in [1.29, 1.82) is 0 Å². The lowest BCUT2D eigenvalue weighted by Crippen LogP contribution is -2.34. The van der Waals surface area contributed by atoms with Crippen LogP contribution in [0.1, 0.15) is 32.4 Å². The third-order valence-electron chi connectivity index (χ3n) is 3.05. The van der Waals surface area contributed by atoms with E-state index in [1.807, 2.05) is 13.8 Å². The molecule has 0 unspecified atom stereocenters. The van der Waals surface area contributed by atoms with Gasteiger partial charge in [-0.1, -0.05) is 13.8 Å². The summed E-state index contributed by atoms with van der Waals surface area (Å²) >= 11 is 0. The molecule has 0 spiro atoms. The molecule has 7 heteroatoms. The Morgan fingerprint density at radius 2 is 2.14 bits per heavy atom. The molecule has 3 N–H and O–H groups in total. The van der Waals surface area contributed by atoms with Crippen molar-refractivity contribution in [2.75, 3.05) is 26.1 Å². The molecule has 1 aromatic rings. The molecule has 7 nitrogen and oxygen atoms in total. The minimum atomic E-state index is 0.0153. The minimum Gasteiger partial charge on any atom is -0.480 e. The third-order valence-corrected chi connectivity index (χ3v) is 3.05. The summed E-state index contributed by atoms with van der Waals surface area (Å²) in [6.07, 6.45) is 2.96. The van der Waals surface area contributed by atoms with Crippen LogP contribution in [0.3, 0.4) is 0 Å². The molecule has 0 atom stereocenters. The van der Waals surface area contributed by atoms with Gasteiger partial charge in [0, 0.05) is 19.1 Å². The first kappa shape index (κ1) is 17.2. The first-order valence-corrected chi connectivity index (χ1v) is 7.21. The second kappa shape index (κ2) is 9.12. The molecular formula is C14H24N4O3. The molecule has 21 heavy (non-hydrogen) atoms. The number of nitrogen functional groups attached to an aromatic ring is 1. The molecule has 1 saturated heterocycles. The average Bonchev–Trinajstić information content (AvgIpc) is 2.56. The van der Waals surface area contributed by atoms with Gasteiger partial charge in [-0.05, 0) is 12.8 Å². The number of nitrogens with zero attached hydrogens (tertiary/aromatic N) is 2. The van der Waals surface area contributed by atoms with Crippen LogP contribution in [0.5, 0.6) is 5.88 Å². The Kier molecular flexibility index (Phi) is 7.45. The van der Waals surface area contributed by atoms with Crippen molar-refractivity contribution >= 4 is 11.7 Å². The van der Waals surface area contributed by atoms with Crippen molar-refractivity contribution in [1.82, 2.24) is 15.3 Å². The summed E-state index contributed by atoms with van der Waals surface area (Å²) in [7, 11) is 1.49. The monoisotopic (exact) mass is 296 g/mol. The molecule has 1 aliphatic rings. The summed E-state index contributed by atoms with van der Waals surface area (Å²) < 4.78 is 10.3. The van der Waals surface area contributed by atoms with E-state index in [1.165, 1.54) is 13.3 Å². The van der Waals surface area contributed by atoms with Crippen molar-refractivity contribution in [2.45, 2.75) is 33.2 Å². The Balaban J connectivity index is 0.00000106. The van der Waals surface area contributed by atoms with E-state index in [1.54, 1.807) is 0 Å². The Morgan fingerprint density at radius 3 is 2.76 bits per heavy atom. The maximum Gasteiger partial charge on any atom is 0.239 e. The minimum absolute atomic E-state index is 0.0153. The van der Waals surface area contributed by atoms with Crippen LogP contribution in [0.15, 0.2) is 6.20 Å². The Hall–Kier alpha value is -1.89. The van der Waals surface area contributed by atoms with E-state index in [0.29, 0.717) is 24.8 Å². The molecule has 0 saturated carbocycles. The maximum absolute atomic E-state index is 12.0. The number of anilines is 1. The highest BCUT2D eigenvalue weighted by Crippen LogP contribution is 2.16. The highest BCUT2D eigenvalue weighted by atomic mass is 16.5. The van der Waals surface area contributed by atoms with E-state index in [-0.39, 0.29) is 24.2 Å². The second-order valence-corrected chi connectivity index (χ2v) is 4.36. The predicted molar refractivity (Wildman–Crippen MR) is 79.7 cm³/mol. The Bertz CT molecular complexity index is 448. The fourth-order valence-electron chi connectivity index (χ4n) is 1.97. The first-order chi connectivity index (χ1) is 10.2. The predicted octanol–water partition coefficient (Wildman–Crippen LogP) is 1.14. The molecule has 1 aliphatic heterocycles. The van der Waals surface area contributed by atoms with Gasteiger partial charge < -0.3 is 20.5 Å². The largest absolute Gasteiger partial charge is 0.480 e. The van der Waals surface area contributed by atoms with Crippen molar-refractivity contribution < 1.29 is 14.3 Å². The highest BCUT2D eigenvalue weighted by Gasteiger charge is 2.21. The molecule has 1 amide bonds. The average molecular weight is 296 g/mol. The molecule has 0 radical (unpaired) electrons. The molecular weight excluding hydrogens is 272 g/mol. The normalized spacial score (nSPS) is 14.8. The molecule has 0 aliphatic carbocycles. The summed E-state index contributed by atoms with van der Waals surface area (Å²) in [5, 5.41) is 2.85. The third kappa shape index (κ3) is 5.18. The summed E-state index contributed by atoms with van der Waals surface area (Å²) in [5.74, 6) is 0.661. The van der Waals surface area contributed by atoms with Gasteiger partial charge in [0.05, 0.1) is 19.9 Å². The van der Waals surface area contributed by atoms with E-state index in [4.69, 9.17) is 15.2 Å². The topological polar surface area (TPSA) is 99.4 Å². The summed E-state index contributed by atoms with van der Waals surface area (Å²) in [5.41, 5.74) is 6.09. The van der Waals surface area contributed by atoms with E-state index >= 15 is 0 Å². The zero-order valence-electron chi connectivity index (χ0n) is 12.9. The zero-order chi connectivity index (χ0) is 15.7. The fourth-order valence-corrected chi connectivity index (χ4v) is 1.97. The van der Waals surface area contributed by atoms with Crippen LogP contribution in [0.4, 0.5) is 5.82 Å². The number of carbonyl (C=O) groups is 1. The summed E-state index contributed by atoms with van der Waals surface area (Å²) in [6.45, 7) is 5.57. The van der Waals surface area contributed by atoms with Crippen LogP contribution >= 0.6 is 0 Å². The number of aromatic nitrogens is 2. The van der Waals surface area contributed by atoms with Gasteiger partial charge in [-0.25, -0.2) is 4.98 Å². The van der Waals surface area contributed by atoms with Gasteiger partial charge in [0.1, 0.15) is 11.5 Å². The van der Waals surface area contributed by atoms with Crippen LogP contribution in [0, 0.1) is 5.92 Å². The van der Waals surface area contributed by atoms with Crippen LogP contribution < -0.4 is 15.8 Å². The molecule has 2 heterocycles. The quantitative estimate of drug-likeness (QED) is 0.864. The number of nitrogens with two attached hydrogens (primary N) is 1. The van der Waals surface area contributed by atoms with Gasteiger partial charge in [0.25, 0.3) is 0 Å². The van der Waals surface area contributed by atoms with Crippen molar-refractivity contribution in [2.24, 2.45) is 5.92 Å². The van der Waals surface area contributed by atoms with Gasteiger partial charge in [-0.15, -0.1) is 0 Å². The number of nitrogens with one attached hydrogen (secondary N) is 1. The number of rotatable bonds is 4. The lowest BCUT2D eigenvalue weighted by Gasteiger charge is -2.21. The number of ether oxygens (including phenoxy) is 2. The van der Waals surface area contributed by atoms with E-state index in [0.717, 1.165) is 12.8 Å². The van der Waals surface area contributed by atoms with Crippen LogP contribution in [0.25, 0.3) is 0 Å². The van der Waals surface area contributed by atoms with E-state index in [9.17, 15) is 4.79 Å². The molecule has 0 aromatic carbocycles. The summed E-state index contributed by atoms with van der Waals surface area (Å²) in [6, 6.07) is 0. The van der Waals surface area contributed by atoms with Gasteiger partial charge >= 0.3 is 0 Å². The van der Waals surface area contributed by atoms with Gasteiger partial charge in [0.15, 0.2) is 0 Å². The highest BCUT2D eigenvalue weighted by molar-refractivity contribution is 5.78. The number of carbonyl (C=O) groups excluding carboxylic acids is 1. The van der Waals surface area contributed by atoms with Crippen LogP contribution in [-0.4, -0.2) is 36.2 Å². The summed E-state index contributed by atoms with van der Waals surface area (Å²) in [4.78, 5) is 20.1. The molecule has 1 fully saturated rings. The standard InChI is InChI=1S/C12H18N4O3.C2H6/c1-18-12-9(14-7-10(13)16-12)6-15-11(17)8-2-4-19-5-3-8;1-2/h7-8H,2-6H2,1H3,(H2,13,16)(H,15,17);1-2H3. The molecule has 118 valence electrons. The Morgan fingerprint density at radius 1 is 1.48 bits per heavy atom. The number of hydrogen-bond donors (Lipinski definition) is 2. The van der Waals surface area contributed by atoms with E-state index < -0.39 is 0 Å². The van der Waals surface area contributed by atoms with Crippen molar-refractivity contribution in [3.63, 3.8) is 0 Å². The van der Waals surface area contributed by atoms with Crippen LogP contribution in [-0.2, 0) is 16.1 Å². The maximum atomic E-state index is 12.0. The molecule has 0 bridgehead atoms.